The Hall–Kier alpha value is -1.75. The van der Waals surface area contributed by atoms with Crippen molar-refractivity contribution in [3.8, 4) is 11.5 Å². The van der Waals surface area contributed by atoms with Crippen LogP contribution >= 0.6 is 0 Å². The van der Waals surface area contributed by atoms with Gasteiger partial charge in [-0.2, -0.15) is 0 Å². The first-order valence-electron chi connectivity index (χ1n) is 4.88. The van der Waals surface area contributed by atoms with Crippen LogP contribution in [0.25, 0.3) is 0 Å². The van der Waals surface area contributed by atoms with Crippen molar-refractivity contribution in [3.63, 3.8) is 0 Å². The SMILES string of the molecule is COc1cc(C(O)CCC(N)=O)ccc1O. The number of phenols is 1. The molecular formula is C11H15NO4. The molecule has 0 aromatic heterocycles. The van der Waals surface area contributed by atoms with Crippen molar-refractivity contribution in [1.29, 1.82) is 0 Å². The molecule has 1 unspecified atom stereocenters. The van der Waals surface area contributed by atoms with E-state index in [0.717, 1.165) is 0 Å². The molecule has 0 radical (unpaired) electrons. The van der Waals surface area contributed by atoms with Crippen LogP contribution < -0.4 is 10.5 Å². The molecule has 5 nitrogen and oxygen atoms in total. The quantitative estimate of drug-likeness (QED) is 0.687. The van der Waals surface area contributed by atoms with Crippen molar-refractivity contribution in [1.82, 2.24) is 0 Å². The lowest BCUT2D eigenvalue weighted by Gasteiger charge is -2.11. The van der Waals surface area contributed by atoms with Crippen molar-refractivity contribution in [2.75, 3.05) is 7.11 Å². The molecule has 0 saturated carbocycles. The molecule has 0 bridgehead atoms. The summed E-state index contributed by atoms with van der Waals surface area (Å²) in [6, 6.07) is 4.53. The maximum atomic E-state index is 10.6. The number of nitrogens with two attached hydrogens (primary N) is 1. The van der Waals surface area contributed by atoms with Crippen molar-refractivity contribution in [3.05, 3.63) is 23.8 Å². The van der Waals surface area contributed by atoms with Crippen LogP contribution in [-0.4, -0.2) is 23.2 Å². The lowest BCUT2D eigenvalue weighted by Crippen LogP contribution is -2.12. The van der Waals surface area contributed by atoms with Gasteiger partial charge in [0.05, 0.1) is 13.2 Å². The van der Waals surface area contributed by atoms with Crippen molar-refractivity contribution < 1.29 is 19.7 Å². The second-order valence-electron chi connectivity index (χ2n) is 3.45. The van der Waals surface area contributed by atoms with E-state index < -0.39 is 12.0 Å². The summed E-state index contributed by atoms with van der Waals surface area (Å²) in [6.07, 6.45) is -0.421. The van der Waals surface area contributed by atoms with Gasteiger partial charge in [-0.3, -0.25) is 4.79 Å². The molecule has 0 aliphatic heterocycles. The number of ether oxygens (including phenoxy) is 1. The molecule has 16 heavy (non-hydrogen) atoms. The van der Waals surface area contributed by atoms with E-state index >= 15 is 0 Å². The van der Waals surface area contributed by atoms with Gasteiger partial charge in [0.2, 0.25) is 5.91 Å². The number of hydrogen-bond donors (Lipinski definition) is 3. The molecule has 1 amide bonds. The third-order valence-corrected chi connectivity index (χ3v) is 2.25. The zero-order valence-electron chi connectivity index (χ0n) is 9.01. The monoisotopic (exact) mass is 225 g/mol. The average molecular weight is 225 g/mol. The van der Waals surface area contributed by atoms with E-state index in [1.807, 2.05) is 0 Å². The molecule has 0 heterocycles. The normalized spacial score (nSPS) is 12.1. The Balaban J connectivity index is 2.75. The predicted molar refractivity (Wildman–Crippen MR) is 58.0 cm³/mol. The topological polar surface area (TPSA) is 92.8 Å². The van der Waals surface area contributed by atoms with Gasteiger partial charge in [0.25, 0.3) is 0 Å². The van der Waals surface area contributed by atoms with Gasteiger partial charge in [-0.25, -0.2) is 0 Å². The van der Waals surface area contributed by atoms with Gasteiger partial charge in [0.15, 0.2) is 11.5 Å². The molecule has 1 rings (SSSR count). The van der Waals surface area contributed by atoms with Crippen molar-refractivity contribution >= 4 is 5.91 Å². The molecule has 0 aliphatic carbocycles. The molecule has 88 valence electrons. The largest absolute Gasteiger partial charge is 0.504 e. The van der Waals surface area contributed by atoms with Gasteiger partial charge in [0, 0.05) is 6.42 Å². The van der Waals surface area contributed by atoms with Gasteiger partial charge in [-0.05, 0) is 24.1 Å². The lowest BCUT2D eigenvalue weighted by molar-refractivity contribution is -0.118. The minimum Gasteiger partial charge on any atom is -0.504 e. The summed E-state index contributed by atoms with van der Waals surface area (Å²) in [5.41, 5.74) is 5.56. The molecule has 5 heteroatoms. The maximum absolute atomic E-state index is 10.6. The molecule has 1 aromatic rings. The molecule has 0 aliphatic rings. The fourth-order valence-corrected chi connectivity index (χ4v) is 1.35. The molecule has 1 atom stereocenters. The number of phenolic OH excluding ortho intramolecular Hbond substituents is 1. The highest BCUT2D eigenvalue weighted by atomic mass is 16.5. The Morgan fingerprint density at radius 1 is 1.56 bits per heavy atom. The van der Waals surface area contributed by atoms with Crippen LogP contribution in [0.2, 0.25) is 0 Å². The number of amides is 1. The Morgan fingerprint density at radius 3 is 2.81 bits per heavy atom. The Kier molecular flexibility index (Phi) is 4.13. The number of carbonyl (C=O) groups is 1. The number of benzene rings is 1. The van der Waals surface area contributed by atoms with Gasteiger partial charge < -0.3 is 20.7 Å². The van der Waals surface area contributed by atoms with Crippen LogP contribution in [0, 0.1) is 0 Å². The third kappa shape index (κ3) is 3.13. The number of aliphatic hydroxyl groups excluding tert-OH is 1. The second-order valence-corrected chi connectivity index (χ2v) is 3.45. The number of aliphatic hydroxyl groups is 1. The molecule has 1 aromatic carbocycles. The highest BCUT2D eigenvalue weighted by Gasteiger charge is 2.11. The minimum atomic E-state index is -0.790. The summed E-state index contributed by atoms with van der Waals surface area (Å²) in [6.45, 7) is 0. The van der Waals surface area contributed by atoms with E-state index in [9.17, 15) is 15.0 Å². The van der Waals surface area contributed by atoms with Gasteiger partial charge in [-0.15, -0.1) is 0 Å². The minimum absolute atomic E-state index is 0.00773. The molecule has 0 fully saturated rings. The average Bonchev–Trinajstić information content (AvgIpc) is 2.26. The second kappa shape index (κ2) is 5.37. The van der Waals surface area contributed by atoms with Crippen LogP contribution in [-0.2, 0) is 4.79 Å². The molecule has 0 spiro atoms. The summed E-state index contributed by atoms with van der Waals surface area (Å²) >= 11 is 0. The van der Waals surface area contributed by atoms with Crippen molar-refractivity contribution in [2.45, 2.75) is 18.9 Å². The number of hydrogen-bond acceptors (Lipinski definition) is 4. The predicted octanol–water partition coefficient (Wildman–Crippen LogP) is 0.700. The fourth-order valence-electron chi connectivity index (χ4n) is 1.35. The summed E-state index contributed by atoms with van der Waals surface area (Å²) in [5, 5.41) is 19.1. The van der Waals surface area contributed by atoms with Crippen molar-refractivity contribution in [2.24, 2.45) is 5.73 Å². The van der Waals surface area contributed by atoms with Gasteiger partial charge in [0.1, 0.15) is 0 Å². The van der Waals surface area contributed by atoms with Crippen LogP contribution in [0.4, 0.5) is 0 Å². The molecule has 0 saturated heterocycles. The fraction of sp³-hybridized carbons (Fsp3) is 0.364. The number of rotatable bonds is 5. The van der Waals surface area contributed by atoms with E-state index in [-0.39, 0.29) is 24.3 Å². The smallest absolute Gasteiger partial charge is 0.217 e. The lowest BCUT2D eigenvalue weighted by atomic mass is 10.0. The number of carbonyl (C=O) groups excluding carboxylic acids is 1. The first kappa shape index (κ1) is 12.3. The van der Waals surface area contributed by atoms with E-state index in [4.69, 9.17) is 10.5 Å². The Morgan fingerprint density at radius 2 is 2.25 bits per heavy atom. The van der Waals surface area contributed by atoms with E-state index in [1.54, 1.807) is 6.07 Å². The van der Waals surface area contributed by atoms with E-state index in [2.05, 4.69) is 0 Å². The first-order valence-corrected chi connectivity index (χ1v) is 4.88. The highest BCUT2D eigenvalue weighted by molar-refractivity contribution is 5.73. The number of aromatic hydroxyl groups is 1. The number of primary amides is 1. The van der Waals surface area contributed by atoms with Crippen LogP contribution in [0.15, 0.2) is 18.2 Å². The summed E-state index contributed by atoms with van der Waals surface area (Å²) in [7, 11) is 1.43. The summed E-state index contributed by atoms with van der Waals surface area (Å²) < 4.78 is 4.91. The Bertz CT molecular complexity index is 378. The van der Waals surface area contributed by atoms with E-state index in [1.165, 1.54) is 19.2 Å². The van der Waals surface area contributed by atoms with Crippen LogP contribution in [0.3, 0.4) is 0 Å². The van der Waals surface area contributed by atoms with Gasteiger partial charge >= 0.3 is 0 Å². The van der Waals surface area contributed by atoms with Gasteiger partial charge in [-0.1, -0.05) is 6.07 Å². The molecule has 4 N–H and O–H groups in total. The highest BCUT2D eigenvalue weighted by Crippen LogP contribution is 2.30. The Labute approximate surface area is 93.5 Å². The first-order chi connectivity index (χ1) is 7.54. The van der Waals surface area contributed by atoms with Crippen LogP contribution in [0.1, 0.15) is 24.5 Å². The number of methoxy groups -OCH3 is 1. The summed E-state index contributed by atoms with van der Waals surface area (Å²) in [4.78, 5) is 10.6. The standard InChI is InChI=1S/C11H15NO4/c1-16-10-6-7(2-3-9(10)14)8(13)4-5-11(12)15/h2-3,6,8,13-14H,4-5H2,1H3,(H2,12,15). The maximum Gasteiger partial charge on any atom is 0.217 e. The molecular weight excluding hydrogens is 210 g/mol. The zero-order valence-corrected chi connectivity index (χ0v) is 9.01. The zero-order chi connectivity index (χ0) is 12.1. The summed E-state index contributed by atoms with van der Waals surface area (Å²) in [5.74, 6) is -0.159. The van der Waals surface area contributed by atoms with E-state index in [0.29, 0.717) is 5.56 Å². The van der Waals surface area contributed by atoms with Crippen LogP contribution in [0.5, 0.6) is 11.5 Å². The third-order valence-electron chi connectivity index (χ3n) is 2.25.